The molecule has 5 rings (SSSR count). The van der Waals surface area contributed by atoms with Crippen LogP contribution in [0.1, 0.15) is 5.56 Å². The monoisotopic (exact) mass is 501 g/mol. The summed E-state index contributed by atoms with van der Waals surface area (Å²) in [4.78, 5) is 11.0. The van der Waals surface area contributed by atoms with Gasteiger partial charge >= 0.3 is 0 Å². The molecular weight excluding hydrogens is 477 g/mol. The van der Waals surface area contributed by atoms with Gasteiger partial charge in [0.1, 0.15) is 5.42 Å². The summed E-state index contributed by atoms with van der Waals surface area (Å²) in [5.41, 5.74) is 2.32. The van der Waals surface area contributed by atoms with E-state index >= 15 is 0 Å². The van der Waals surface area contributed by atoms with E-state index in [0.29, 0.717) is 0 Å². The highest BCUT2D eigenvalue weighted by Gasteiger charge is 2.31. The number of benzene rings is 5. The molecule has 0 saturated heterocycles. The number of azo groups is 1. The van der Waals surface area contributed by atoms with Crippen LogP contribution in [-0.4, -0.2) is 10.3 Å². The molecular formula is C31H24N3O2P. The van der Waals surface area contributed by atoms with E-state index in [1.807, 2.05) is 84.9 Å². The van der Waals surface area contributed by atoms with E-state index in [2.05, 4.69) is 41.5 Å². The van der Waals surface area contributed by atoms with Crippen molar-refractivity contribution in [2.45, 2.75) is 0 Å². The molecule has 0 atom stereocenters. The van der Waals surface area contributed by atoms with Crippen LogP contribution in [0.5, 0.6) is 0 Å². The molecule has 0 aliphatic heterocycles. The second-order valence-electron chi connectivity index (χ2n) is 8.34. The van der Waals surface area contributed by atoms with Gasteiger partial charge in [0, 0.05) is 24.6 Å². The zero-order valence-corrected chi connectivity index (χ0v) is 20.9. The second kappa shape index (κ2) is 11.0. The minimum atomic E-state index is -2.57. The standard InChI is InChI=1S/C31H24N3O2P/c35-34(36)27-23-21-25(22-24-27)31(33-32-26-13-5-1-6-14-26)37(28-15-7-2-8-16-28,29-17-9-3-10-18-29)30-19-11-4-12-20-30/h1-24H. The SMILES string of the molecule is O=[N+]([O-])c1ccc(C(N=Nc2ccccc2)=P(c2ccccc2)(c2ccccc2)c2ccccc2)cc1. The van der Waals surface area contributed by atoms with Crippen molar-refractivity contribution in [3.63, 3.8) is 0 Å². The Kier molecular flexibility index (Phi) is 7.16. The number of nitrogens with zero attached hydrogens (tertiary/aromatic N) is 3. The molecule has 6 heteroatoms. The molecule has 0 fully saturated rings. The zero-order valence-electron chi connectivity index (χ0n) is 20.0. The van der Waals surface area contributed by atoms with Gasteiger partial charge in [0.2, 0.25) is 0 Å². The van der Waals surface area contributed by atoms with Gasteiger partial charge in [0.25, 0.3) is 5.69 Å². The summed E-state index contributed by atoms with van der Waals surface area (Å²) in [6, 6.07) is 47.3. The van der Waals surface area contributed by atoms with E-state index in [1.54, 1.807) is 12.1 Å². The van der Waals surface area contributed by atoms with Crippen molar-refractivity contribution in [1.82, 2.24) is 0 Å². The molecule has 0 aromatic heterocycles. The molecule has 0 amide bonds. The third kappa shape index (κ3) is 4.90. The third-order valence-corrected chi connectivity index (χ3v) is 10.3. The van der Waals surface area contributed by atoms with Crippen molar-refractivity contribution in [2.75, 3.05) is 0 Å². The number of non-ortho nitro benzene ring substituents is 1. The van der Waals surface area contributed by atoms with Crippen LogP contribution >= 0.6 is 6.89 Å². The topological polar surface area (TPSA) is 67.9 Å². The van der Waals surface area contributed by atoms with E-state index in [4.69, 9.17) is 5.11 Å². The van der Waals surface area contributed by atoms with Crippen LogP contribution < -0.4 is 15.9 Å². The van der Waals surface area contributed by atoms with Crippen molar-refractivity contribution >= 4 is 39.6 Å². The quantitative estimate of drug-likeness (QED) is 0.106. The largest absolute Gasteiger partial charge is 0.269 e. The fourth-order valence-corrected chi connectivity index (χ4v) is 8.62. The minimum Gasteiger partial charge on any atom is -0.258 e. The summed E-state index contributed by atoms with van der Waals surface area (Å²) in [6.07, 6.45) is 0. The highest BCUT2D eigenvalue weighted by molar-refractivity contribution is 7.95. The average Bonchev–Trinajstić information content (AvgIpc) is 2.97. The summed E-state index contributed by atoms with van der Waals surface area (Å²) >= 11 is 0. The first-order valence-corrected chi connectivity index (χ1v) is 13.6. The molecule has 0 bridgehead atoms. The maximum atomic E-state index is 11.4. The van der Waals surface area contributed by atoms with Gasteiger partial charge in [-0.2, -0.15) is 5.11 Å². The molecule has 5 nitrogen and oxygen atoms in total. The lowest BCUT2D eigenvalue weighted by Crippen LogP contribution is -2.30. The molecule has 5 aromatic carbocycles. The van der Waals surface area contributed by atoms with Crippen LogP contribution in [0.4, 0.5) is 11.4 Å². The minimum absolute atomic E-state index is 0.0335. The Balaban J connectivity index is 1.97. The van der Waals surface area contributed by atoms with Crippen LogP contribution in [0, 0.1) is 10.1 Å². The number of hydrogen-bond donors (Lipinski definition) is 0. The average molecular weight is 502 g/mol. The molecule has 0 heterocycles. The second-order valence-corrected chi connectivity index (χ2v) is 11.7. The Morgan fingerprint density at radius 1 is 0.568 bits per heavy atom. The molecule has 37 heavy (non-hydrogen) atoms. The van der Waals surface area contributed by atoms with Gasteiger partial charge in [-0.15, -0.1) is 5.11 Å². The van der Waals surface area contributed by atoms with Crippen LogP contribution in [0.3, 0.4) is 0 Å². The normalized spacial score (nSPS) is 11.4. The number of nitro benzene ring substituents is 1. The lowest BCUT2D eigenvalue weighted by molar-refractivity contribution is -0.384. The maximum Gasteiger partial charge on any atom is 0.269 e. The zero-order chi connectivity index (χ0) is 25.5. The molecule has 0 aliphatic rings. The molecule has 0 unspecified atom stereocenters. The van der Waals surface area contributed by atoms with E-state index in [9.17, 15) is 10.1 Å². The first-order valence-electron chi connectivity index (χ1n) is 11.8. The summed E-state index contributed by atoms with van der Waals surface area (Å²) in [5.74, 6) is 0. The fourth-order valence-electron chi connectivity index (χ4n) is 4.42. The Morgan fingerprint density at radius 3 is 1.38 bits per heavy atom. The van der Waals surface area contributed by atoms with Gasteiger partial charge in [-0.3, -0.25) is 10.1 Å². The van der Waals surface area contributed by atoms with E-state index in [1.165, 1.54) is 12.1 Å². The first-order chi connectivity index (χ1) is 18.2. The molecule has 0 N–H and O–H groups in total. The predicted octanol–water partition coefficient (Wildman–Crippen LogP) is 6.85. The van der Waals surface area contributed by atoms with Gasteiger partial charge in [-0.25, -0.2) is 0 Å². The van der Waals surface area contributed by atoms with Gasteiger partial charge in [0.15, 0.2) is 0 Å². The lowest BCUT2D eigenvalue weighted by atomic mass is 10.2. The molecule has 0 spiro atoms. The lowest BCUT2D eigenvalue weighted by Gasteiger charge is -2.31. The predicted molar refractivity (Wildman–Crippen MR) is 153 cm³/mol. The van der Waals surface area contributed by atoms with Crippen LogP contribution in [-0.2, 0) is 0 Å². The third-order valence-electron chi connectivity index (χ3n) is 6.10. The van der Waals surface area contributed by atoms with E-state index < -0.39 is 6.89 Å². The molecule has 0 aliphatic carbocycles. The van der Waals surface area contributed by atoms with Gasteiger partial charge in [0.05, 0.1) is 10.6 Å². The summed E-state index contributed by atoms with van der Waals surface area (Å²) in [7, 11) is 0. The molecule has 0 saturated carbocycles. The smallest absolute Gasteiger partial charge is 0.258 e. The Hall–Kier alpha value is -4.60. The highest BCUT2D eigenvalue weighted by atomic mass is 31.2. The van der Waals surface area contributed by atoms with Crippen molar-refractivity contribution < 1.29 is 4.92 Å². The number of hydrogen-bond acceptors (Lipinski definition) is 3. The summed E-state index contributed by atoms with van der Waals surface area (Å²) in [5, 5.41) is 24.4. The number of rotatable bonds is 7. The van der Waals surface area contributed by atoms with E-state index in [0.717, 1.165) is 32.6 Å². The van der Waals surface area contributed by atoms with Gasteiger partial charge < -0.3 is 0 Å². The van der Waals surface area contributed by atoms with E-state index in [-0.39, 0.29) is 10.6 Å². The van der Waals surface area contributed by atoms with Gasteiger partial charge in [-0.05, 0) is 40.2 Å². The summed E-state index contributed by atoms with van der Waals surface area (Å²) < 4.78 is 0. The van der Waals surface area contributed by atoms with Crippen molar-refractivity contribution in [3.05, 3.63) is 161 Å². The fraction of sp³-hybridized carbons (Fsp3) is 0. The Bertz CT molecular complexity index is 1470. The highest BCUT2D eigenvalue weighted by Crippen LogP contribution is 2.48. The van der Waals surface area contributed by atoms with Crippen LogP contribution in [0.25, 0.3) is 0 Å². The van der Waals surface area contributed by atoms with Gasteiger partial charge in [-0.1, -0.05) is 109 Å². The molecule has 0 radical (unpaired) electrons. The maximum absolute atomic E-state index is 11.4. The molecule has 5 aromatic rings. The molecule has 180 valence electrons. The number of nitro groups is 1. The van der Waals surface area contributed by atoms with Crippen LogP contribution in [0.2, 0.25) is 0 Å². The van der Waals surface area contributed by atoms with Crippen molar-refractivity contribution in [3.8, 4) is 0 Å². The first kappa shape index (κ1) is 24.1. The summed E-state index contributed by atoms with van der Waals surface area (Å²) in [6.45, 7) is -2.57. The Morgan fingerprint density at radius 2 is 0.973 bits per heavy atom. The Labute approximate surface area is 215 Å². The van der Waals surface area contributed by atoms with Crippen LogP contribution in [0.15, 0.2) is 156 Å². The van der Waals surface area contributed by atoms with Crippen molar-refractivity contribution in [1.29, 1.82) is 0 Å². The van der Waals surface area contributed by atoms with Crippen molar-refractivity contribution in [2.24, 2.45) is 10.2 Å².